The highest BCUT2D eigenvalue weighted by Crippen LogP contribution is 2.20. The third-order valence-corrected chi connectivity index (χ3v) is 3.12. The average molecular weight is 258 g/mol. The molecule has 0 aromatic heterocycles. The van der Waals surface area contributed by atoms with Crippen molar-refractivity contribution in [3.05, 3.63) is 34.6 Å². The number of nitrogens with two attached hydrogens (primary N) is 1. The molecule has 0 saturated carbocycles. The zero-order chi connectivity index (χ0) is 13.1. The summed E-state index contributed by atoms with van der Waals surface area (Å²) in [5.41, 5.74) is 5.71. The Morgan fingerprint density at radius 3 is 2.71 bits per heavy atom. The summed E-state index contributed by atoms with van der Waals surface area (Å²) in [6.45, 7) is 3.69. The van der Waals surface area contributed by atoms with Gasteiger partial charge in [-0.05, 0) is 31.0 Å². The molecular formula is C13H17ClFNO. The Balaban J connectivity index is 2.81. The van der Waals surface area contributed by atoms with Crippen LogP contribution in [0.3, 0.4) is 0 Å². The monoisotopic (exact) mass is 257 g/mol. The topological polar surface area (TPSA) is 43.1 Å². The summed E-state index contributed by atoms with van der Waals surface area (Å²) in [4.78, 5) is 12.0. The molecule has 0 aliphatic rings. The second kappa shape index (κ2) is 5.61. The van der Waals surface area contributed by atoms with Crippen molar-refractivity contribution in [3.63, 3.8) is 0 Å². The highest BCUT2D eigenvalue weighted by Gasteiger charge is 2.27. The number of carbonyl (C=O) groups excluding carboxylic acids is 1. The number of rotatable bonds is 5. The molecule has 94 valence electrons. The van der Waals surface area contributed by atoms with Crippen LogP contribution in [0, 0.1) is 5.82 Å². The predicted octanol–water partition coefficient (Wildman–Crippen LogP) is 3.11. The maximum atomic E-state index is 12.8. The molecule has 0 saturated heterocycles. The van der Waals surface area contributed by atoms with Gasteiger partial charge in [0.25, 0.3) is 0 Å². The van der Waals surface area contributed by atoms with E-state index in [1.165, 1.54) is 18.2 Å². The lowest BCUT2D eigenvalue weighted by atomic mass is 9.88. The first-order valence-corrected chi connectivity index (χ1v) is 6.00. The van der Waals surface area contributed by atoms with Gasteiger partial charge in [-0.25, -0.2) is 4.39 Å². The zero-order valence-electron chi connectivity index (χ0n) is 10.1. The summed E-state index contributed by atoms with van der Waals surface area (Å²) in [5.74, 6) is -0.483. The van der Waals surface area contributed by atoms with Crippen LogP contribution >= 0.6 is 11.6 Å². The van der Waals surface area contributed by atoms with E-state index in [0.29, 0.717) is 12.0 Å². The molecule has 0 aliphatic heterocycles. The van der Waals surface area contributed by atoms with E-state index in [4.69, 9.17) is 17.3 Å². The van der Waals surface area contributed by atoms with Crippen molar-refractivity contribution >= 4 is 17.4 Å². The third kappa shape index (κ3) is 3.79. The van der Waals surface area contributed by atoms with Gasteiger partial charge >= 0.3 is 0 Å². The predicted molar refractivity (Wildman–Crippen MR) is 67.6 cm³/mol. The van der Waals surface area contributed by atoms with E-state index in [2.05, 4.69) is 0 Å². The molecule has 4 heteroatoms. The molecule has 0 spiro atoms. The normalized spacial score (nSPS) is 14.4. The van der Waals surface area contributed by atoms with Gasteiger partial charge in [-0.2, -0.15) is 0 Å². The van der Waals surface area contributed by atoms with Crippen molar-refractivity contribution in [2.75, 3.05) is 0 Å². The highest BCUT2D eigenvalue weighted by molar-refractivity contribution is 6.31. The van der Waals surface area contributed by atoms with Crippen molar-refractivity contribution in [3.8, 4) is 0 Å². The summed E-state index contributed by atoms with van der Waals surface area (Å²) in [6.07, 6.45) is 1.62. The molecule has 1 aromatic carbocycles. The van der Waals surface area contributed by atoms with Crippen LogP contribution in [-0.4, -0.2) is 11.3 Å². The smallest absolute Gasteiger partial charge is 0.156 e. The zero-order valence-corrected chi connectivity index (χ0v) is 10.9. The van der Waals surface area contributed by atoms with Crippen molar-refractivity contribution in [2.45, 2.75) is 38.6 Å². The Morgan fingerprint density at radius 1 is 1.53 bits per heavy atom. The first-order valence-electron chi connectivity index (χ1n) is 5.63. The molecule has 0 fully saturated rings. The number of carbonyl (C=O) groups is 1. The maximum Gasteiger partial charge on any atom is 0.156 e. The first-order chi connectivity index (χ1) is 7.86. The van der Waals surface area contributed by atoms with Crippen LogP contribution in [0.5, 0.6) is 0 Å². The molecular weight excluding hydrogens is 241 g/mol. The van der Waals surface area contributed by atoms with E-state index < -0.39 is 11.4 Å². The Labute approximate surface area is 106 Å². The number of ketones is 1. The van der Waals surface area contributed by atoms with Crippen LogP contribution in [0.1, 0.15) is 32.3 Å². The van der Waals surface area contributed by atoms with E-state index in [-0.39, 0.29) is 17.2 Å². The fourth-order valence-electron chi connectivity index (χ4n) is 1.70. The Kier molecular flexibility index (Phi) is 4.66. The van der Waals surface area contributed by atoms with Gasteiger partial charge in [0.15, 0.2) is 5.78 Å². The fourth-order valence-corrected chi connectivity index (χ4v) is 1.93. The van der Waals surface area contributed by atoms with E-state index >= 15 is 0 Å². The van der Waals surface area contributed by atoms with Gasteiger partial charge in [0, 0.05) is 11.4 Å². The molecule has 17 heavy (non-hydrogen) atoms. The van der Waals surface area contributed by atoms with Crippen LogP contribution < -0.4 is 5.73 Å². The molecule has 1 unspecified atom stereocenters. The molecule has 1 atom stereocenters. The van der Waals surface area contributed by atoms with Gasteiger partial charge in [-0.1, -0.05) is 31.0 Å². The summed E-state index contributed by atoms with van der Waals surface area (Å²) >= 11 is 5.87. The molecule has 0 radical (unpaired) electrons. The van der Waals surface area contributed by atoms with Gasteiger partial charge in [-0.15, -0.1) is 0 Å². The molecule has 2 N–H and O–H groups in total. The molecule has 0 heterocycles. The van der Waals surface area contributed by atoms with Gasteiger partial charge in [0.05, 0.1) is 5.54 Å². The maximum absolute atomic E-state index is 12.8. The lowest BCUT2D eigenvalue weighted by Gasteiger charge is -2.22. The molecule has 0 aliphatic carbocycles. The van der Waals surface area contributed by atoms with Crippen molar-refractivity contribution in [1.82, 2.24) is 0 Å². The van der Waals surface area contributed by atoms with Crippen LogP contribution in [0.15, 0.2) is 18.2 Å². The lowest BCUT2D eigenvalue weighted by molar-refractivity contribution is -0.123. The van der Waals surface area contributed by atoms with Crippen LogP contribution in [0.25, 0.3) is 0 Å². The minimum Gasteiger partial charge on any atom is -0.319 e. The average Bonchev–Trinajstić information content (AvgIpc) is 2.22. The lowest BCUT2D eigenvalue weighted by Crippen LogP contribution is -2.45. The highest BCUT2D eigenvalue weighted by atomic mass is 35.5. The van der Waals surface area contributed by atoms with E-state index in [0.717, 1.165) is 6.42 Å². The van der Waals surface area contributed by atoms with Gasteiger partial charge in [-0.3, -0.25) is 4.79 Å². The molecule has 1 aromatic rings. The number of halogens is 2. The molecule has 2 nitrogen and oxygen atoms in total. The Morgan fingerprint density at radius 2 is 2.18 bits per heavy atom. The Bertz CT molecular complexity index is 418. The molecule has 0 bridgehead atoms. The van der Waals surface area contributed by atoms with Crippen molar-refractivity contribution in [2.24, 2.45) is 5.73 Å². The second-order valence-corrected chi connectivity index (χ2v) is 4.91. The quantitative estimate of drug-likeness (QED) is 0.881. The summed E-state index contributed by atoms with van der Waals surface area (Å²) in [6, 6.07) is 4.03. The first kappa shape index (κ1) is 14.1. The third-order valence-electron chi connectivity index (χ3n) is 2.77. The molecule has 1 rings (SSSR count). The summed E-state index contributed by atoms with van der Waals surface area (Å²) < 4.78 is 12.8. The van der Waals surface area contributed by atoms with Crippen molar-refractivity contribution in [1.29, 1.82) is 0 Å². The standard InChI is InChI=1S/C13H17ClFNO/c1-3-6-13(2,16)12(17)7-9-4-5-10(15)8-11(9)14/h4-5,8H,3,6-7,16H2,1-2H3. The number of benzene rings is 1. The van der Waals surface area contributed by atoms with Crippen LogP contribution in [-0.2, 0) is 11.2 Å². The minimum atomic E-state index is -0.841. The van der Waals surface area contributed by atoms with Crippen molar-refractivity contribution < 1.29 is 9.18 Å². The number of hydrogen-bond donors (Lipinski definition) is 1. The minimum absolute atomic E-state index is 0.0761. The van der Waals surface area contributed by atoms with Gasteiger partial charge in [0.2, 0.25) is 0 Å². The van der Waals surface area contributed by atoms with E-state index in [1.807, 2.05) is 6.92 Å². The summed E-state index contributed by atoms with van der Waals surface area (Å²) in [7, 11) is 0. The number of Topliss-reactive ketones (excluding diaryl/α,β-unsaturated/α-hetero) is 1. The SMILES string of the molecule is CCCC(C)(N)C(=O)Cc1ccc(F)cc1Cl. The second-order valence-electron chi connectivity index (χ2n) is 4.50. The van der Waals surface area contributed by atoms with E-state index in [9.17, 15) is 9.18 Å². The van der Waals surface area contributed by atoms with Gasteiger partial charge in [0.1, 0.15) is 5.82 Å². The molecule has 0 amide bonds. The van der Waals surface area contributed by atoms with Gasteiger partial charge < -0.3 is 5.73 Å². The van der Waals surface area contributed by atoms with E-state index in [1.54, 1.807) is 6.92 Å². The van der Waals surface area contributed by atoms with Crippen LogP contribution in [0.4, 0.5) is 4.39 Å². The Hall–Kier alpha value is -0.930. The summed E-state index contributed by atoms with van der Waals surface area (Å²) in [5, 5.41) is 0.269. The largest absolute Gasteiger partial charge is 0.319 e. The van der Waals surface area contributed by atoms with Crippen LogP contribution in [0.2, 0.25) is 5.02 Å². The number of hydrogen-bond acceptors (Lipinski definition) is 2. The fraction of sp³-hybridized carbons (Fsp3) is 0.462.